The molecule has 0 atom stereocenters. The van der Waals surface area contributed by atoms with E-state index in [9.17, 15) is 4.79 Å². The van der Waals surface area contributed by atoms with E-state index in [1.165, 1.54) is 0 Å². The molecule has 1 aromatic carbocycles. The molecule has 0 spiro atoms. The van der Waals surface area contributed by atoms with Crippen molar-refractivity contribution in [1.29, 1.82) is 0 Å². The number of aromatic carboxylic acids is 1. The van der Waals surface area contributed by atoms with Gasteiger partial charge in [-0.2, -0.15) is 0 Å². The molecule has 18 heavy (non-hydrogen) atoms. The summed E-state index contributed by atoms with van der Waals surface area (Å²) in [6.45, 7) is 1.92. The first-order valence-corrected chi connectivity index (χ1v) is 6.44. The van der Waals surface area contributed by atoms with Gasteiger partial charge in [0.15, 0.2) is 0 Å². The quantitative estimate of drug-likeness (QED) is 0.901. The van der Waals surface area contributed by atoms with Gasteiger partial charge in [-0.25, -0.2) is 4.79 Å². The van der Waals surface area contributed by atoms with Crippen LogP contribution in [-0.2, 0) is 7.05 Å². The molecule has 1 N–H and O–H groups in total. The maximum Gasteiger partial charge on any atom is 0.352 e. The van der Waals surface area contributed by atoms with E-state index < -0.39 is 5.97 Å². The Bertz CT molecular complexity index is 634. The van der Waals surface area contributed by atoms with Gasteiger partial charge in [-0.15, -0.1) is 0 Å². The topological polar surface area (TPSA) is 42.2 Å². The normalized spacial score (nSPS) is 10.7. The molecule has 94 valence electrons. The first-order valence-electron chi connectivity index (χ1n) is 5.27. The molecule has 2 aromatic rings. The summed E-state index contributed by atoms with van der Waals surface area (Å²) in [5.74, 6) is -0.946. The van der Waals surface area contributed by atoms with Gasteiger partial charge in [-0.1, -0.05) is 27.5 Å². The Morgan fingerprint density at radius 3 is 2.61 bits per heavy atom. The fourth-order valence-corrected chi connectivity index (χ4v) is 2.66. The number of carboxylic acid groups (broad SMARTS) is 1. The fourth-order valence-electron chi connectivity index (χ4n) is 1.84. The summed E-state index contributed by atoms with van der Waals surface area (Å²) >= 11 is 9.59. The van der Waals surface area contributed by atoms with Gasteiger partial charge in [-0.05, 0) is 36.8 Å². The molecule has 0 aliphatic carbocycles. The smallest absolute Gasteiger partial charge is 0.352 e. The fraction of sp³-hybridized carbons (Fsp3) is 0.154. The Hall–Kier alpha value is -1.26. The molecule has 0 aliphatic heterocycles. The van der Waals surface area contributed by atoms with Crippen molar-refractivity contribution in [3.63, 3.8) is 0 Å². The molecule has 3 nitrogen and oxygen atoms in total. The lowest BCUT2D eigenvalue weighted by atomic mass is 10.1. The molecule has 5 heteroatoms. The Kier molecular flexibility index (Phi) is 3.50. The predicted molar refractivity (Wildman–Crippen MR) is 75.3 cm³/mol. The highest BCUT2D eigenvalue weighted by Gasteiger charge is 2.15. The van der Waals surface area contributed by atoms with Gasteiger partial charge in [0.2, 0.25) is 0 Å². The number of nitrogens with zero attached hydrogens (tertiary/aromatic N) is 1. The first-order chi connectivity index (χ1) is 8.41. The molecule has 0 bridgehead atoms. The average molecular weight is 329 g/mol. The molecule has 0 aliphatic rings. The Morgan fingerprint density at radius 2 is 2.06 bits per heavy atom. The van der Waals surface area contributed by atoms with E-state index in [2.05, 4.69) is 15.9 Å². The summed E-state index contributed by atoms with van der Waals surface area (Å²) in [6.07, 6.45) is 0. The van der Waals surface area contributed by atoms with Crippen LogP contribution in [0.15, 0.2) is 28.7 Å². The van der Waals surface area contributed by atoms with Crippen molar-refractivity contribution in [1.82, 2.24) is 4.57 Å². The summed E-state index contributed by atoms with van der Waals surface area (Å²) in [4.78, 5) is 11.0. The van der Waals surface area contributed by atoms with Gasteiger partial charge in [0.1, 0.15) is 5.69 Å². The van der Waals surface area contributed by atoms with Crippen LogP contribution in [-0.4, -0.2) is 15.6 Å². The zero-order valence-electron chi connectivity index (χ0n) is 9.87. The van der Waals surface area contributed by atoms with Gasteiger partial charge in [0.25, 0.3) is 0 Å². The van der Waals surface area contributed by atoms with E-state index >= 15 is 0 Å². The van der Waals surface area contributed by atoms with Gasteiger partial charge in [-0.3, -0.25) is 0 Å². The third-order valence-corrected chi connectivity index (χ3v) is 3.93. The zero-order valence-corrected chi connectivity index (χ0v) is 12.2. The van der Waals surface area contributed by atoms with Crippen molar-refractivity contribution in [3.05, 3.63) is 45.0 Å². The largest absolute Gasteiger partial charge is 0.477 e. The van der Waals surface area contributed by atoms with Crippen LogP contribution in [0.4, 0.5) is 0 Å². The lowest BCUT2D eigenvalue weighted by molar-refractivity contribution is 0.0687. The highest BCUT2D eigenvalue weighted by Crippen LogP contribution is 2.33. The van der Waals surface area contributed by atoms with Gasteiger partial charge in [0, 0.05) is 27.8 Å². The number of carboxylic acids is 1. The maximum absolute atomic E-state index is 11.0. The molecule has 0 amide bonds. The van der Waals surface area contributed by atoms with Crippen molar-refractivity contribution in [2.24, 2.45) is 7.05 Å². The highest BCUT2D eigenvalue weighted by atomic mass is 79.9. The van der Waals surface area contributed by atoms with Gasteiger partial charge < -0.3 is 9.67 Å². The predicted octanol–water partition coefficient (Wildman–Crippen LogP) is 4.11. The molecule has 2 rings (SSSR count). The molecule has 0 unspecified atom stereocenters. The van der Waals surface area contributed by atoms with Crippen LogP contribution in [0.1, 0.15) is 16.1 Å². The van der Waals surface area contributed by atoms with E-state index in [0.717, 1.165) is 21.3 Å². The Labute approximate surface area is 118 Å². The molecule has 0 fully saturated rings. The van der Waals surface area contributed by atoms with Crippen LogP contribution in [0.25, 0.3) is 11.3 Å². The van der Waals surface area contributed by atoms with E-state index in [0.29, 0.717) is 5.02 Å². The standard InChI is InChI=1S/C13H11BrClNO2/c1-7-5-9(14)8(6-10(7)15)11-3-4-12(13(17)18)16(11)2/h3-6H,1-2H3,(H,17,18). The molecular weight excluding hydrogens is 318 g/mol. The molecule has 0 saturated carbocycles. The number of hydrogen-bond donors (Lipinski definition) is 1. The molecule has 0 saturated heterocycles. The van der Waals surface area contributed by atoms with E-state index in [-0.39, 0.29) is 5.69 Å². The summed E-state index contributed by atoms with van der Waals surface area (Å²) in [5, 5.41) is 9.69. The lowest BCUT2D eigenvalue weighted by Gasteiger charge is -2.09. The van der Waals surface area contributed by atoms with Gasteiger partial charge >= 0.3 is 5.97 Å². The second kappa shape index (κ2) is 4.78. The second-order valence-electron chi connectivity index (χ2n) is 4.05. The number of halogens is 2. The average Bonchev–Trinajstić information content (AvgIpc) is 2.66. The Morgan fingerprint density at radius 1 is 1.39 bits per heavy atom. The van der Waals surface area contributed by atoms with Crippen LogP contribution in [0.3, 0.4) is 0 Å². The number of aromatic nitrogens is 1. The molecule has 1 aromatic heterocycles. The minimum absolute atomic E-state index is 0.244. The number of benzene rings is 1. The third kappa shape index (κ3) is 2.18. The third-order valence-electron chi connectivity index (χ3n) is 2.87. The monoisotopic (exact) mass is 327 g/mol. The summed E-state index contributed by atoms with van der Waals surface area (Å²) < 4.78 is 2.52. The van der Waals surface area contributed by atoms with E-state index in [1.54, 1.807) is 23.7 Å². The van der Waals surface area contributed by atoms with Crippen molar-refractivity contribution in [2.75, 3.05) is 0 Å². The first kappa shape index (κ1) is 13.2. The molecule has 0 radical (unpaired) electrons. The molecule has 1 heterocycles. The van der Waals surface area contributed by atoms with Crippen molar-refractivity contribution < 1.29 is 9.90 Å². The van der Waals surface area contributed by atoms with E-state index in [1.807, 2.05) is 19.1 Å². The van der Waals surface area contributed by atoms with Crippen LogP contribution >= 0.6 is 27.5 Å². The summed E-state index contributed by atoms with van der Waals surface area (Å²) in [7, 11) is 1.72. The second-order valence-corrected chi connectivity index (χ2v) is 5.31. The Balaban J connectivity index is 2.63. The van der Waals surface area contributed by atoms with Crippen molar-refractivity contribution in [3.8, 4) is 11.3 Å². The number of carbonyl (C=O) groups is 1. The highest BCUT2D eigenvalue weighted by molar-refractivity contribution is 9.10. The van der Waals surface area contributed by atoms with Crippen LogP contribution in [0.5, 0.6) is 0 Å². The summed E-state index contributed by atoms with van der Waals surface area (Å²) in [5.41, 5.74) is 2.90. The number of hydrogen-bond acceptors (Lipinski definition) is 1. The number of aryl methyl sites for hydroxylation is 1. The van der Waals surface area contributed by atoms with Crippen molar-refractivity contribution in [2.45, 2.75) is 6.92 Å². The van der Waals surface area contributed by atoms with E-state index in [4.69, 9.17) is 16.7 Å². The zero-order chi connectivity index (χ0) is 13.4. The van der Waals surface area contributed by atoms with Crippen LogP contribution < -0.4 is 0 Å². The van der Waals surface area contributed by atoms with Crippen LogP contribution in [0.2, 0.25) is 5.02 Å². The minimum Gasteiger partial charge on any atom is -0.477 e. The van der Waals surface area contributed by atoms with Crippen LogP contribution in [0, 0.1) is 6.92 Å². The number of rotatable bonds is 2. The molecular formula is C13H11BrClNO2. The van der Waals surface area contributed by atoms with Crippen molar-refractivity contribution >= 4 is 33.5 Å². The maximum atomic E-state index is 11.0. The van der Waals surface area contributed by atoms with Gasteiger partial charge in [0.05, 0.1) is 0 Å². The summed E-state index contributed by atoms with van der Waals surface area (Å²) in [6, 6.07) is 7.11. The minimum atomic E-state index is -0.946. The SMILES string of the molecule is Cc1cc(Br)c(-c2ccc(C(=O)O)n2C)cc1Cl. The lowest BCUT2D eigenvalue weighted by Crippen LogP contribution is -2.05.